The highest BCUT2D eigenvalue weighted by Crippen LogP contribution is 2.18. The molecule has 0 unspecified atom stereocenters. The SMILES string of the molecule is CCCNc1nc(CCOC)ncc1Br. The lowest BCUT2D eigenvalue weighted by molar-refractivity contribution is 0.200. The summed E-state index contributed by atoms with van der Waals surface area (Å²) in [6, 6.07) is 0. The first kappa shape index (κ1) is 12.4. The van der Waals surface area contributed by atoms with Crippen molar-refractivity contribution in [3.63, 3.8) is 0 Å². The van der Waals surface area contributed by atoms with Gasteiger partial charge in [0, 0.05) is 26.3 Å². The van der Waals surface area contributed by atoms with Crippen molar-refractivity contribution >= 4 is 21.7 Å². The fourth-order valence-electron chi connectivity index (χ4n) is 1.08. The minimum absolute atomic E-state index is 0.648. The van der Waals surface area contributed by atoms with Gasteiger partial charge in [-0.3, -0.25) is 0 Å². The quantitative estimate of drug-likeness (QED) is 0.864. The van der Waals surface area contributed by atoms with Crippen molar-refractivity contribution < 1.29 is 4.74 Å². The molecule has 0 aromatic carbocycles. The van der Waals surface area contributed by atoms with Crippen molar-refractivity contribution in [2.24, 2.45) is 0 Å². The van der Waals surface area contributed by atoms with Gasteiger partial charge in [0.2, 0.25) is 0 Å². The Balaban J connectivity index is 2.66. The Morgan fingerprint density at radius 1 is 1.53 bits per heavy atom. The van der Waals surface area contributed by atoms with E-state index in [0.717, 1.165) is 35.5 Å². The van der Waals surface area contributed by atoms with Crippen LogP contribution in [0, 0.1) is 0 Å². The summed E-state index contributed by atoms with van der Waals surface area (Å²) in [4.78, 5) is 8.60. The fraction of sp³-hybridized carbons (Fsp3) is 0.600. The molecule has 1 aromatic heterocycles. The third kappa shape index (κ3) is 4.13. The number of methoxy groups -OCH3 is 1. The van der Waals surface area contributed by atoms with Crippen LogP contribution in [0.5, 0.6) is 0 Å². The Bertz CT molecular complexity index is 307. The van der Waals surface area contributed by atoms with Crippen molar-refractivity contribution in [1.82, 2.24) is 9.97 Å². The first-order valence-electron chi connectivity index (χ1n) is 5.02. The second-order valence-electron chi connectivity index (χ2n) is 3.15. The van der Waals surface area contributed by atoms with E-state index in [9.17, 15) is 0 Å². The maximum atomic E-state index is 4.98. The van der Waals surface area contributed by atoms with Crippen molar-refractivity contribution in [1.29, 1.82) is 0 Å². The number of ether oxygens (including phenoxy) is 1. The smallest absolute Gasteiger partial charge is 0.144 e. The molecule has 15 heavy (non-hydrogen) atoms. The molecule has 5 heteroatoms. The molecule has 0 fully saturated rings. The maximum Gasteiger partial charge on any atom is 0.144 e. The van der Waals surface area contributed by atoms with Gasteiger partial charge in [0.15, 0.2) is 0 Å². The van der Waals surface area contributed by atoms with Crippen LogP contribution in [-0.2, 0) is 11.2 Å². The summed E-state index contributed by atoms with van der Waals surface area (Å²) < 4.78 is 5.88. The van der Waals surface area contributed by atoms with E-state index >= 15 is 0 Å². The van der Waals surface area contributed by atoms with Crippen LogP contribution >= 0.6 is 15.9 Å². The van der Waals surface area contributed by atoms with E-state index in [1.807, 2.05) is 0 Å². The minimum Gasteiger partial charge on any atom is -0.384 e. The van der Waals surface area contributed by atoms with Crippen molar-refractivity contribution in [2.75, 3.05) is 25.6 Å². The van der Waals surface area contributed by atoms with Gasteiger partial charge in [-0.15, -0.1) is 0 Å². The third-order valence-electron chi connectivity index (χ3n) is 1.87. The molecule has 1 rings (SSSR count). The lowest BCUT2D eigenvalue weighted by Crippen LogP contribution is -2.07. The summed E-state index contributed by atoms with van der Waals surface area (Å²) in [6.07, 6.45) is 3.59. The van der Waals surface area contributed by atoms with E-state index in [4.69, 9.17) is 4.74 Å². The molecule has 0 radical (unpaired) electrons. The lowest BCUT2D eigenvalue weighted by Gasteiger charge is -2.07. The summed E-state index contributed by atoms with van der Waals surface area (Å²) in [6.45, 7) is 3.68. The first-order valence-corrected chi connectivity index (χ1v) is 5.81. The van der Waals surface area contributed by atoms with Gasteiger partial charge in [0.05, 0.1) is 11.1 Å². The Morgan fingerprint density at radius 2 is 2.33 bits per heavy atom. The molecule has 1 heterocycles. The number of rotatable bonds is 6. The molecule has 0 amide bonds. The number of hydrogen-bond donors (Lipinski definition) is 1. The van der Waals surface area contributed by atoms with Gasteiger partial charge < -0.3 is 10.1 Å². The van der Waals surface area contributed by atoms with Crippen molar-refractivity contribution in [3.05, 3.63) is 16.5 Å². The molecular formula is C10H16BrN3O. The van der Waals surface area contributed by atoms with E-state index in [-0.39, 0.29) is 0 Å². The molecule has 0 aliphatic carbocycles. The number of nitrogens with one attached hydrogen (secondary N) is 1. The molecule has 0 saturated carbocycles. The molecule has 4 nitrogen and oxygen atoms in total. The Kier molecular flexibility index (Phi) is 5.57. The predicted octanol–water partition coefficient (Wildman–Crippen LogP) is 2.25. The maximum absolute atomic E-state index is 4.98. The molecule has 0 aliphatic rings. The summed E-state index contributed by atoms with van der Waals surface area (Å²) in [5, 5.41) is 3.24. The first-order chi connectivity index (χ1) is 7.27. The highest BCUT2D eigenvalue weighted by Gasteiger charge is 2.03. The highest BCUT2D eigenvalue weighted by atomic mass is 79.9. The molecule has 0 aliphatic heterocycles. The number of nitrogens with zero attached hydrogens (tertiary/aromatic N) is 2. The summed E-state index contributed by atoms with van der Waals surface area (Å²) in [5.41, 5.74) is 0. The molecule has 0 spiro atoms. The van der Waals surface area contributed by atoms with Crippen LogP contribution in [-0.4, -0.2) is 30.2 Å². The zero-order valence-corrected chi connectivity index (χ0v) is 10.7. The van der Waals surface area contributed by atoms with Gasteiger partial charge in [-0.2, -0.15) is 0 Å². The summed E-state index contributed by atoms with van der Waals surface area (Å²) in [5.74, 6) is 1.66. The molecule has 0 atom stereocenters. The topological polar surface area (TPSA) is 47.0 Å². The average Bonchev–Trinajstić information content (AvgIpc) is 2.26. The summed E-state index contributed by atoms with van der Waals surface area (Å²) >= 11 is 3.41. The molecule has 84 valence electrons. The second kappa shape index (κ2) is 6.74. The number of anilines is 1. The molecule has 0 bridgehead atoms. The molecule has 1 N–H and O–H groups in total. The van der Waals surface area contributed by atoms with Crippen molar-refractivity contribution in [2.45, 2.75) is 19.8 Å². The largest absolute Gasteiger partial charge is 0.384 e. The fourth-order valence-corrected chi connectivity index (χ4v) is 1.42. The van der Waals surface area contributed by atoms with Gasteiger partial charge in [0.25, 0.3) is 0 Å². The van der Waals surface area contributed by atoms with Crippen molar-refractivity contribution in [3.8, 4) is 0 Å². The lowest BCUT2D eigenvalue weighted by atomic mass is 10.4. The third-order valence-corrected chi connectivity index (χ3v) is 2.45. The zero-order chi connectivity index (χ0) is 11.1. The highest BCUT2D eigenvalue weighted by molar-refractivity contribution is 9.10. The number of hydrogen-bond acceptors (Lipinski definition) is 4. The minimum atomic E-state index is 0.648. The average molecular weight is 274 g/mol. The van der Waals surface area contributed by atoms with E-state index in [1.54, 1.807) is 13.3 Å². The van der Waals surface area contributed by atoms with Crippen LogP contribution in [0.25, 0.3) is 0 Å². The van der Waals surface area contributed by atoms with Gasteiger partial charge in [-0.25, -0.2) is 9.97 Å². The number of aromatic nitrogens is 2. The van der Waals surface area contributed by atoms with Gasteiger partial charge >= 0.3 is 0 Å². The number of halogens is 1. The van der Waals surface area contributed by atoms with Crippen LogP contribution in [0.2, 0.25) is 0 Å². The predicted molar refractivity (Wildman–Crippen MR) is 64.1 cm³/mol. The van der Waals surface area contributed by atoms with Crippen LogP contribution in [0.4, 0.5) is 5.82 Å². The van der Waals surface area contributed by atoms with Crippen LogP contribution in [0.1, 0.15) is 19.2 Å². The van der Waals surface area contributed by atoms with E-state index in [2.05, 4.69) is 38.1 Å². The molecular weight excluding hydrogens is 258 g/mol. The Morgan fingerprint density at radius 3 is 3.00 bits per heavy atom. The zero-order valence-electron chi connectivity index (χ0n) is 9.09. The van der Waals surface area contributed by atoms with E-state index in [1.165, 1.54) is 0 Å². The van der Waals surface area contributed by atoms with Gasteiger partial charge in [-0.1, -0.05) is 6.92 Å². The monoisotopic (exact) mass is 273 g/mol. The summed E-state index contributed by atoms with van der Waals surface area (Å²) in [7, 11) is 1.68. The second-order valence-corrected chi connectivity index (χ2v) is 4.01. The van der Waals surface area contributed by atoms with E-state index in [0.29, 0.717) is 6.61 Å². The standard InChI is InChI=1S/C10H16BrN3O/c1-3-5-12-10-8(11)7-13-9(14-10)4-6-15-2/h7H,3-6H2,1-2H3,(H,12,13,14). The van der Waals surface area contributed by atoms with Gasteiger partial charge in [0.1, 0.15) is 11.6 Å². The van der Waals surface area contributed by atoms with E-state index < -0.39 is 0 Å². The Labute approximate surface area is 98.6 Å². The van der Waals surface area contributed by atoms with Gasteiger partial charge in [-0.05, 0) is 22.4 Å². The van der Waals surface area contributed by atoms with Crippen LogP contribution in [0.15, 0.2) is 10.7 Å². The normalized spacial score (nSPS) is 10.3. The Hall–Kier alpha value is -0.680. The molecule has 0 saturated heterocycles. The van der Waals surface area contributed by atoms with Crippen LogP contribution in [0.3, 0.4) is 0 Å². The molecule has 1 aromatic rings. The van der Waals surface area contributed by atoms with Crippen LogP contribution < -0.4 is 5.32 Å².